The molecule has 0 spiro atoms. The number of carbonyl (C=O) groups is 1. The van der Waals surface area contributed by atoms with Gasteiger partial charge in [0.05, 0.1) is 11.7 Å². The lowest BCUT2D eigenvalue weighted by atomic mass is 10.1. The molecule has 0 unspecified atom stereocenters. The lowest BCUT2D eigenvalue weighted by Gasteiger charge is -2.14. The molecular weight excluding hydrogens is 340 g/mol. The van der Waals surface area contributed by atoms with Crippen LogP contribution in [0.4, 0.5) is 5.95 Å². The summed E-state index contributed by atoms with van der Waals surface area (Å²) in [5.41, 5.74) is 2.76. The van der Waals surface area contributed by atoms with Crippen molar-refractivity contribution in [1.29, 1.82) is 0 Å². The van der Waals surface area contributed by atoms with Crippen molar-refractivity contribution in [2.24, 2.45) is 0 Å². The molecule has 126 valence electrons. The second-order valence-corrected chi connectivity index (χ2v) is 6.65. The summed E-state index contributed by atoms with van der Waals surface area (Å²) < 4.78 is 0. The van der Waals surface area contributed by atoms with Crippen molar-refractivity contribution >= 4 is 34.2 Å². The Morgan fingerprint density at radius 3 is 2.92 bits per heavy atom. The Kier molecular flexibility index (Phi) is 3.77. The molecule has 1 aromatic carbocycles. The molecule has 0 fully saturated rings. The first-order valence-electron chi connectivity index (χ1n) is 7.95. The van der Waals surface area contributed by atoms with Crippen LogP contribution in [-0.4, -0.2) is 20.7 Å². The number of fused-ring (bicyclic) bond motifs is 2. The number of hydrogen-bond donors (Lipinski definition) is 2. The Labute approximate surface area is 148 Å². The van der Waals surface area contributed by atoms with Gasteiger partial charge in [0.25, 0.3) is 5.56 Å². The molecule has 7 heteroatoms. The maximum absolute atomic E-state index is 12.4. The second kappa shape index (κ2) is 5.97. The van der Waals surface area contributed by atoms with E-state index in [-0.39, 0.29) is 17.4 Å². The van der Waals surface area contributed by atoms with Crippen LogP contribution in [0.2, 0.25) is 5.02 Å². The van der Waals surface area contributed by atoms with Crippen molar-refractivity contribution in [1.82, 2.24) is 15.0 Å². The van der Waals surface area contributed by atoms with E-state index in [1.807, 2.05) is 13.0 Å². The number of Topliss-reactive ketones (excluding diaryl/α,β-unsaturated/α-hetero) is 1. The summed E-state index contributed by atoms with van der Waals surface area (Å²) in [5.74, 6) is 0.559. The van der Waals surface area contributed by atoms with Gasteiger partial charge in [-0.25, -0.2) is 9.97 Å². The molecule has 0 saturated carbocycles. The summed E-state index contributed by atoms with van der Waals surface area (Å²) >= 11 is 6.03. The number of pyridine rings is 1. The molecule has 2 N–H and O–H groups in total. The zero-order chi connectivity index (χ0) is 17.6. The number of halogens is 1. The van der Waals surface area contributed by atoms with Crippen molar-refractivity contribution in [3.8, 4) is 0 Å². The Morgan fingerprint density at radius 2 is 2.08 bits per heavy atom. The Balaban J connectivity index is 1.65. The molecule has 4 rings (SSSR count). The third kappa shape index (κ3) is 3.00. The number of benzene rings is 1. The minimum atomic E-state index is -0.303. The van der Waals surface area contributed by atoms with Crippen molar-refractivity contribution in [2.75, 3.05) is 5.32 Å². The summed E-state index contributed by atoms with van der Waals surface area (Å²) in [7, 11) is 0. The molecule has 0 amide bonds. The van der Waals surface area contributed by atoms with Crippen LogP contribution in [-0.2, 0) is 17.6 Å². The van der Waals surface area contributed by atoms with E-state index < -0.39 is 0 Å². The third-order valence-corrected chi connectivity index (χ3v) is 4.59. The molecule has 1 atom stereocenters. The number of anilines is 1. The number of aromatic nitrogens is 3. The quantitative estimate of drug-likeness (QED) is 0.755. The van der Waals surface area contributed by atoms with Crippen LogP contribution in [0.3, 0.4) is 0 Å². The molecule has 25 heavy (non-hydrogen) atoms. The number of nitrogens with one attached hydrogen (secondary N) is 2. The van der Waals surface area contributed by atoms with Crippen molar-refractivity contribution in [3.63, 3.8) is 0 Å². The van der Waals surface area contributed by atoms with Crippen LogP contribution in [0.15, 0.2) is 35.3 Å². The van der Waals surface area contributed by atoms with Crippen LogP contribution in [0.25, 0.3) is 10.9 Å². The normalized spacial score (nSPS) is 14.6. The lowest BCUT2D eigenvalue weighted by Crippen LogP contribution is -2.20. The van der Waals surface area contributed by atoms with Crippen LogP contribution < -0.4 is 10.9 Å². The van der Waals surface area contributed by atoms with E-state index in [9.17, 15) is 9.59 Å². The van der Waals surface area contributed by atoms with Gasteiger partial charge in [0.2, 0.25) is 5.95 Å². The number of ketones is 1. The highest BCUT2D eigenvalue weighted by molar-refractivity contribution is 6.31. The number of hydrogen-bond acceptors (Lipinski definition) is 5. The maximum Gasteiger partial charge on any atom is 0.253 e. The van der Waals surface area contributed by atoms with Gasteiger partial charge in [0, 0.05) is 40.5 Å². The first kappa shape index (κ1) is 15.8. The largest absolute Gasteiger partial charge is 0.347 e. The van der Waals surface area contributed by atoms with E-state index in [1.165, 1.54) is 0 Å². The predicted octanol–water partition coefficient (Wildman–Crippen LogP) is 2.81. The molecule has 0 radical (unpaired) electrons. The molecule has 0 saturated heterocycles. The molecular formula is C18H15ClN4O2. The first-order chi connectivity index (χ1) is 12.0. The zero-order valence-electron chi connectivity index (χ0n) is 13.5. The van der Waals surface area contributed by atoms with Gasteiger partial charge in [-0.3, -0.25) is 9.59 Å². The highest BCUT2D eigenvalue weighted by Crippen LogP contribution is 2.22. The third-order valence-electron chi connectivity index (χ3n) is 4.35. The molecule has 2 heterocycles. The lowest BCUT2D eigenvalue weighted by molar-refractivity contribution is -0.117. The topological polar surface area (TPSA) is 87.7 Å². The van der Waals surface area contributed by atoms with Gasteiger partial charge in [-0.1, -0.05) is 11.6 Å². The molecule has 0 aliphatic heterocycles. The standard InChI is InChI=1S/C18H15ClN4O2/c1-9(21-18-20-8-11-5-13(24)7-16(11)23-18)14-6-10-4-12(19)2-3-15(10)22-17(14)25/h2-4,6,8-9H,5,7H2,1H3,(H,22,25)(H,20,21,23)/t9-/m0/s1. The zero-order valence-corrected chi connectivity index (χ0v) is 14.2. The first-order valence-corrected chi connectivity index (χ1v) is 8.33. The molecule has 1 aliphatic rings. The van der Waals surface area contributed by atoms with Crippen LogP contribution >= 0.6 is 11.6 Å². The molecule has 1 aliphatic carbocycles. The van der Waals surface area contributed by atoms with Crippen molar-refractivity contribution < 1.29 is 4.79 Å². The van der Waals surface area contributed by atoms with Gasteiger partial charge < -0.3 is 10.3 Å². The van der Waals surface area contributed by atoms with Crippen molar-refractivity contribution in [2.45, 2.75) is 25.8 Å². The van der Waals surface area contributed by atoms with E-state index in [1.54, 1.807) is 24.4 Å². The minimum Gasteiger partial charge on any atom is -0.347 e. The fourth-order valence-corrected chi connectivity index (χ4v) is 3.24. The predicted molar refractivity (Wildman–Crippen MR) is 96.1 cm³/mol. The fraction of sp³-hybridized carbons (Fsp3) is 0.222. The molecule has 3 aromatic rings. The Morgan fingerprint density at radius 1 is 1.24 bits per heavy atom. The summed E-state index contributed by atoms with van der Waals surface area (Å²) in [5, 5.41) is 4.60. The minimum absolute atomic E-state index is 0.150. The van der Waals surface area contributed by atoms with Crippen LogP contribution in [0.5, 0.6) is 0 Å². The van der Waals surface area contributed by atoms with Gasteiger partial charge in [0.15, 0.2) is 0 Å². The van der Waals surface area contributed by atoms with Gasteiger partial charge in [-0.05, 0) is 36.8 Å². The van der Waals surface area contributed by atoms with E-state index in [2.05, 4.69) is 20.3 Å². The summed E-state index contributed by atoms with van der Waals surface area (Å²) in [6, 6.07) is 6.83. The highest BCUT2D eigenvalue weighted by atomic mass is 35.5. The molecule has 0 bridgehead atoms. The summed E-state index contributed by atoms with van der Waals surface area (Å²) in [4.78, 5) is 35.4. The Hall–Kier alpha value is -2.73. The molecule has 6 nitrogen and oxygen atoms in total. The number of aromatic amines is 1. The number of carbonyl (C=O) groups excluding carboxylic acids is 1. The van der Waals surface area contributed by atoms with E-state index >= 15 is 0 Å². The Bertz CT molecular complexity index is 1060. The van der Waals surface area contributed by atoms with Gasteiger partial charge in [-0.15, -0.1) is 0 Å². The highest BCUT2D eigenvalue weighted by Gasteiger charge is 2.21. The van der Waals surface area contributed by atoms with Crippen LogP contribution in [0.1, 0.15) is 29.8 Å². The number of rotatable bonds is 3. The van der Waals surface area contributed by atoms with E-state index in [0.717, 1.165) is 22.2 Å². The van der Waals surface area contributed by atoms with Crippen molar-refractivity contribution in [3.05, 3.63) is 62.7 Å². The number of nitrogens with zero attached hydrogens (tertiary/aromatic N) is 2. The second-order valence-electron chi connectivity index (χ2n) is 6.21. The van der Waals surface area contributed by atoms with Gasteiger partial charge >= 0.3 is 0 Å². The van der Waals surface area contributed by atoms with Gasteiger partial charge in [0.1, 0.15) is 5.78 Å². The number of H-pyrrole nitrogens is 1. The maximum atomic E-state index is 12.4. The smallest absolute Gasteiger partial charge is 0.253 e. The van der Waals surface area contributed by atoms with Gasteiger partial charge in [-0.2, -0.15) is 0 Å². The average Bonchev–Trinajstić information content (AvgIpc) is 2.93. The average molecular weight is 355 g/mol. The van der Waals surface area contributed by atoms with E-state index in [0.29, 0.717) is 29.4 Å². The van der Waals surface area contributed by atoms with E-state index in [4.69, 9.17) is 11.6 Å². The fourth-order valence-electron chi connectivity index (χ4n) is 3.06. The van der Waals surface area contributed by atoms with Crippen LogP contribution in [0, 0.1) is 0 Å². The summed E-state index contributed by atoms with van der Waals surface area (Å²) in [6.07, 6.45) is 2.42. The SMILES string of the molecule is C[C@H](Nc1ncc2c(n1)CC(=O)C2)c1cc2cc(Cl)ccc2[nH]c1=O. The monoisotopic (exact) mass is 354 g/mol. The summed E-state index contributed by atoms with van der Waals surface area (Å²) in [6.45, 7) is 1.86. The molecule has 2 aromatic heterocycles.